The molecule has 0 unspecified atom stereocenters. The van der Waals surface area contributed by atoms with Crippen molar-refractivity contribution in [2.75, 3.05) is 26.2 Å². The molecule has 0 aliphatic carbocycles. The van der Waals surface area contributed by atoms with Crippen LogP contribution in [0.5, 0.6) is 0 Å². The van der Waals surface area contributed by atoms with Gasteiger partial charge in [-0.3, -0.25) is 9.48 Å². The standard InChI is InChI=1S/C17H28N4O/c22-16(4-1-13-21-14-3-9-19-21)20-12-2-5-17(8-15-20)6-10-18-11-7-17/h3,9,14,18H,1-2,4-8,10-13,15H2. The SMILES string of the molecule is O=C(CCCn1cccn1)N1CCCC2(CCNCC2)CC1. The minimum absolute atomic E-state index is 0.332. The van der Waals surface area contributed by atoms with E-state index >= 15 is 0 Å². The molecule has 0 aromatic carbocycles. The van der Waals surface area contributed by atoms with Crippen LogP contribution >= 0.6 is 0 Å². The van der Waals surface area contributed by atoms with Gasteiger partial charge in [0.15, 0.2) is 0 Å². The molecular formula is C17H28N4O. The van der Waals surface area contributed by atoms with Crippen LogP contribution in [0.15, 0.2) is 18.5 Å². The maximum absolute atomic E-state index is 12.4. The van der Waals surface area contributed by atoms with Gasteiger partial charge in [0, 0.05) is 38.4 Å². The number of nitrogens with one attached hydrogen (secondary N) is 1. The molecule has 5 nitrogen and oxygen atoms in total. The molecule has 1 N–H and O–H groups in total. The van der Waals surface area contributed by atoms with Crippen LogP contribution < -0.4 is 5.32 Å². The minimum atomic E-state index is 0.332. The predicted molar refractivity (Wildman–Crippen MR) is 86.4 cm³/mol. The van der Waals surface area contributed by atoms with E-state index in [4.69, 9.17) is 0 Å². The first-order valence-electron chi connectivity index (χ1n) is 8.73. The number of amides is 1. The first-order chi connectivity index (χ1) is 10.8. The zero-order chi connectivity index (χ0) is 15.3. The van der Waals surface area contributed by atoms with Gasteiger partial charge in [-0.1, -0.05) is 0 Å². The van der Waals surface area contributed by atoms with Gasteiger partial charge in [0.25, 0.3) is 0 Å². The first-order valence-corrected chi connectivity index (χ1v) is 8.73. The summed E-state index contributed by atoms with van der Waals surface area (Å²) in [5.74, 6) is 0.332. The van der Waals surface area contributed by atoms with Gasteiger partial charge in [-0.25, -0.2) is 0 Å². The van der Waals surface area contributed by atoms with Crippen LogP contribution in [0.2, 0.25) is 0 Å². The fourth-order valence-corrected chi connectivity index (χ4v) is 3.94. The molecule has 5 heteroatoms. The number of carbonyl (C=O) groups excluding carboxylic acids is 1. The van der Waals surface area contributed by atoms with Crippen LogP contribution in [0.25, 0.3) is 0 Å². The van der Waals surface area contributed by atoms with Crippen molar-refractivity contribution in [3.63, 3.8) is 0 Å². The molecule has 122 valence electrons. The number of hydrogen-bond acceptors (Lipinski definition) is 3. The Balaban J connectivity index is 1.44. The largest absolute Gasteiger partial charge is 0.343 e. The summed E-state index contributed by atoms with van der Waals surface area (Å²) in [7, 11) is 0. The van der Waals surface area contributed by atoms with E-state index in [0.29, 0.717) is 17.7 Å². The van der Waals surface area contributed by atoms with Crippen molar-refractivity contribution in [2.45, 2.75) is 51.5 Å². The number of aryl methyl sites for hydroxylation is 1. The second-order valence-corrected chi connectivity index (χ2v) is 6.86. The molecule has 0 atom stereocenters. The molecule has 1 spiro atoms. The summed E-state index contributed by atoms with van der Waals surface area (Å²) in [6, 6.07) is 1.93. The molecule has 2 fully saturated rings. The molecule has 22 heavy (non-hydrogen) atoms. The van der Waals surface area contributed by atoms with Gasteiger partial charge in [0.1, 0.15) is 0 Å². The first kappa shape index (κ1) is 15.5. The normalized spacial score (nSPS) is 21.7. The molecule has 3 heterocycles. The third-order valence-corrected chi connectivity index (χ3v) is 5.40. The van der Waals surface area contributed by atoms with E-state index in [1.165, 1.54) is 32.1 Å². The van der Waals surface area contributed by atoms with Gasteiger partial charge in [-0.15, -0.1) is 0 Å². The van der Waals surface area contributed by atoms with Gasteiger partial charge < -0.3 is 10.2 Å². The lowest BCUT2D eigenvalue weighted by Crippen LogP contribution is -2.38. The Bertz CT molecular complexity index is 465. The summed E-state index contributed by atoms with van der Waals surface area (Å²) >= 11 is 0. The maximum Gasteiger partial charge on any atom is 0.222 e. The number of piperidine rings is 1. The number of aromatic nitrogens is 2. The highest BCUT2D eigenvalue weighted by Gasteiger charge is 2.34. The molecule has 0 bridgehead atoms. The number of rotatable bonds is 4. The van der Waals surface area contributed by atoms with Gasteiger partial charge in [0.05, 0.1) is 0 Å². The average Bonchev–Trinajstić information content (AvgIpc) is 2.97. The Morgan fingerprint density at radius 3 is 2.82 bits per heavy atom. The molecule has 3 rings (SSSR count). The van der Waals surface area contributed by atoms with Crippen LogP contribution in [0.1, 0.15) is 44.9 Å². The highest BCUT2D eigenvalue weighted by atomic mass is 16.2. The molecule has 2 aliphatic heterocycles. The van der Waals surface area contributed by atoms with Crippen LogP contribution in [0, 0.1) is 5.41 Å². The molecule has 1 amide bonds. The Labute approximate surface area is 133 Å². The molecule has 2 aliphatic rings. The third-order valence-electron chi connectivity index (χ3n) is 5.40. The lowest BCUT2D eigenvalue weighted by molar-refractivity contribution is -0.131. The third kappa shape index (κ3) is 3.88. The summed E-state index contributed by atoms with van der Waals surface area (Å²) in [4.78, 5) is 14.5. The fourth-order valence-electron chi connectivity index (χ4n) is 3.94. The smallest absolute Gasteiger partial charge is 0.222 e. The van der Waals surface area contributed by atoms with Crippen LogP contribution in [0.3, 0.4) is 0 Å². The molecule has 1 aromatic heterocycles. The van der Waals surface area contributed by atoms with Crippen molar-refractivity contribution >= 4 is 5.91 Å². The van der Waals surface area contributed by atoms with Crippen molar-refractivity contribution in [3.8, 4) is 0 Å². The maximum atomic E-state index is 12.4. The lowest BCUT2D eigenvalue weighted by Gasteiger charge is -2.37. The zero-order valence-electron chi connectivity index (χ0n) is 13.5. The quantitative estimate of drug-likeness (QED) is 0.926. The van der Waals surface area contributed by atoms with E-state index in [-0.39, 0.29) is 0 Å². The Morgan fingerprint density at radius 2 is 2.05 bits per heavy atom. The summed E-state index contributed by atoms with van der Waals surface area (Å²) in [6.45, 7) is 5.05. The fraction of sp³-hybridized carbons (Fsp3) is 0.765. The molecule has 0 radical (unpaired) electrons. The Kier molecular flexibility index (Phi) is 5.13. The van der Waals surface area contributed by atoms with E-state index in [9.17, 15) is 4.79 Å². The molecular weight excluding hydrogens is 276 g/mol. The average molecular weight is 304 g/mol. The summed E-state index contributed by atoms with van der Waals surface area (Å²) in [6.07, 6.45) is 11.5. The molecule has 2 saturated heterocycles. The topological polar surface area (TPSA) is 50.2 Å². The monoisotopic (exact) mass is 304 g/mol. The van der Waals surface area contributed by atoms with Gasteiger partial charge >= 0.3 is 0 Å². The van der Waals surface area contributed by atoms with Crippen LogP contribution in [-0.4, -0.2) is 46.8 Å². The zero-order valence-corrected chi connectivity index (χ0v) is 13.5. The highest BCUT2D eigenvalue weighted by Crippen LogP contribution is 2.39. The van der Waals surface area contributed by atoms with Gasteiger partial charge in [-0.2, -0.15) is 5.10 Å². The van der Waals surface area contributed by atoms with Crippen LogP contribution in [0.4, 0.5) is 0 Å². The molecule has 1 aromatic rings. The van der Waals surface area contributed by atoms with Gasteiger partial charge in [0.2, 0.25) is 5.91 Å². The minimum Gasteiger partial charge on any atom is -0.343 e. The van der Waals surface area contributed by atoms with Crippen molar-refractivity contribution in [1.29, 1.82) is 0 Å². The number of carbonyl (C=O) groups is 1. The van der Waals surface area contributed by atoms with E-state index < -0.39 is 0 Å². The van der Waals surface area contributed by atoms with E-state index in [1.54, 1.807) is 6.20 Å². The highest BCUT2D eigenvalue weighted by molar-refractivity contribution is 5.76. The van der Waals surface area contributed by atoms with Crippen molar-refractivity contribution in [1.82, 2.24) is 20.0 Å². The second kappa shape index (κ2) is 7.27. The number of hydrogen-bond donors (Lipinski definition) is 1. The predicted octanol–water partition coefficient (Wildman–Crippen LogP) is 2.05. The van der Waals surface area contributed by atoms with Gasteiger partial charge in [-0.05, 0) is 63.1 Å². The number of likely N-dealkylation sites (tertiary alicyclic amines) is 1. The van der Waals surface area contributed by atoms with E-state index in [2.05, 4.69) is 15.3 Å². The summed E-state index contributed by atoms with van der Waals surface area (Å²) in [5.41, 5.74) is 0.509. The summed E-state index contributed by atoms with van der Waals surface area (Å²) in [5, 5.41) is 7.65. The van der Waals surface area contributed by atoms with Crippen molar-refractivity contribution in [2.24, 2.45) is 5.41 Å². The Hall–Kier alpha value is -1.36. The van der Waals surface area contributed by atoms with Crippen molar-refractivity contribution < 1.29 is 4.79 Å². The number of nitrogens with zero attached hydrogens (tertiary/aromatic N) is 3. The molecule has 0 saturated carbocycles. The Morgan fingerprint density at radius 1 is 1.18 bits per heavy atom. The van der Waals surface area contributed by atoms with Crippen molar-refractivity contribution in [3.05, 3.63) is 18.5 Å². The van der Waals surface area contributed by atoms with E-state index in [1.807, 2.05) is 16.9 Å². The van der Waals surface area contributed by atoms with E-state index in [0.717, 1.165) is 39.1 Å². The lowest BCUT2D eigenvalue weighted by atomic mass is 9.73. The summed E-state index contributed by atoms with van der Waals surface area (Å²) < 4.78 is 1.90. The van der Waals surface area contributed by atoms with Crippen LogP contribution in [-0.2, 0) is 11.3 Å². The second-order valence-electron chi connectivity index (χ2n) is 6.86.